The van der Waals surface area contributed by atoms with Crippen molar-refractivity contribution in [3.63, 3.8) is 0 Å². The number of oxazole rings is 1. The second kappa shape index (κ2) is 3.09. The maximum absolute atomic E-state index is 11.0. The van der Waals surface area contributed by atoms with Gasteiger partial charge in [0.15, 0.2) is 6.39 Å². The van der Waals surface area contributed by atoms with Crippen LogP contribution in [0.3, 0.4) is 0 Å². The lowest BCUT2D eigenvalue weighted by atomic mass is 10.3. The van der Waals surface area contributed by atoms with Gasteiger partial charge in [-0.1, -0.05) is 0 Å². The van der Waals surface area contributed by atoms with E-state index in [4.69, 9.17) is 18.6 Å². The third kappa shape index (κ3) is 1.50. The summed E-state index contributed by atoms with van der Waals surface area (Å²) in [5, 5.41) is 0. The standard InChI is InChI=1S/C7H6NO5P/c9-14(10,11)7-5(1-2-13-7)6-3-12-4-8-6/h1-4H,(H2,9,10,11). The van der Waals surface area contributed by atoms with Crippen molar-refractivity contribution in [3.05, 3.63) is 25.0 Å². The summed E-state index contributed by atoms with van der Waals surface area (Å²) >= 11 is 0. The highest BCUT2D eigenvalue weighted by atomic mass is 31.2. The first-order valence-corrected chi connectivity index (χ1v) is 5.22. The van der Waals surface area contributed by atoms with E-state index in [0.717, 1.165) is 0 Å². The van der Waals surface area contributed by atoms with Gasteiger partial charge in [0.25, 0.3) is 0 Å². The van der Waals surface area contributed by atoms with Crippen LogP contribution in [0.15, 0.2) is 33.8 Å². The summed E-state index contributed by atoms with van der Waals surface area (Å²) in [5.74, 6) is 0. The molecule has 0 aromatic carbocycles. The number of furan rings is 1. The Bertz CT molecular complexity index is 468. The van der Waals surface area contributed by atoms with E-state index < -0.39 is 13.1 Å². The highest BCUT2D eigenvalue weighted by Crippen LogP contribution is 2.37. The van der Waals surface area contributed by atoms with Crippen molar-refractivity contribution < 1.29 is 23.2 Å². The third-order valence-corrected chi connectivity index (χ3v) is 2.49. The van der Waals surface area contributed by atoms with Crippen molar-refractivity contribution in [2.75, 3.05) is 0 Å². The van der Waals surface area contributed by atoms with Gasteiger partial charge in [0.05, 0.1) is 11.8 Å². The minimum atomic E-state index is -4.40. The van der Waals surface area contributed by atoms with Crippen molar-refractivity contribution in [3.8, 4) is 11.3 Å². The Hall–Kier alpha value is -1.36. The van der Waals surface area contributed by atoms with Gasteiger partial charge in [0.2, 0.25) is 5.50 Å². The van der Waals surface area contributed by atoms with E-state index in [2.05, 4.69) is 4.98 Å². The van der Waals surface area contributed by atoms with Crippen LogP contribution in [0.1, 0.15) is 0 Å². The van der Waals surface area contributed by atoms with Gasteiger partial charge in [0, 0.05) is 0 Å². The summed E-state index contributed by atoms with van der Waals surface area (Å²) in [6.07, 6.45) is 3.65. The van der Waals surface area contributed by atoms with Crippen molar-refractivity contribution in [2.24, 2.45) is 0 Å². The Morgan fingerprint density at radius 3 is 2.79 bits per heavy atom. The number of nitrogens with zero attached hydrogens (tertiary/aromatic N) is 1. The average Bonchev–Trinajstić information content (AvgIpc) is 2.73. The van der Waals surface area contributed by atoms with Crippen LogP contribution < -0.4 is 5.50 Å². The molecule has 0 spiro atoms. The lowest BCUT2D eigenvalue weighted by Gasteiger charge is -2.00. The molecule has 0 aliphatic carbocycles. The number of aromatic nitrogens is 1. The molecule has 2 aromatic rings. The van der Waals surface area contributed by atoms with Crippen molar-refractivity contribution in [1.82, 2.24) is 4.98 Å². The van der Waals surface area contributed by atoms with Crippen LogP contribution in [0.2, 0.25) is 0 Å². The minimum Gasteiger partial charge on any atom is -0.456 e. The monoisotopic (exact) mass is 215 g/mol. The van der Waals surface area contributed by atoms with Gasteiger partial charge >= 0.3 is 7.60 Å². The molecule has 2 N–H and O–H groups in total. The third-order valence-electron chi connectivity index (χ3n) is 1.62. The Morgan fingerprint density at radius 2 is 2.21 bits per heavy atom. The van der Waals surface area contributed by atoms with Crippen LogP contribution in [-0.4, -0.2) is 14.8 Å². The van der Waals surface area contributed by atoms with Gasteiger partial charge in [0.1, 0.15) is 12.0 Å². The zero-order chi connectivity index (χ0) is 10.2. The molecule has 0 unspecified atom stereocenters. The lowest BCUT2D eigenvalue weighted by Crippen LogP contribution is -2.03. The summed E-state index contributed by atoms with van der Waals surface area (Å²) < 4.78 is 20.4. The average molecular weight is 215 g/mol. The number of hydrogen-bond donors (Lipinski definition) is 2. The molecule has 7 heteroatoms. The van der Waals surface area contributed by atoms with Gasteiger partial charge in [-0.05, 0) is 6.07 Å². The van der Waals surface area contributed by atoms with Gasteiger partial charge in [-0.2, -0.15) is 0 Å². The van der Waals surface area contributed by atoms with E-state index >= 15 is 0 Å². The molecule has 0 aliphatic rings. The van der Waals surface area contributed by atoms with Crippen LogP contribution in [0.4, 0.5) is 0 Å². The summed E-state index contributed by atoms with van der Waals surface area (Å²) in [5.41, 5.74) is 0.176. The van der Waals surface area contributed by atoms with Crippen molar-refractivity contribution >= 4 is 13.1 Å². The zero-order valence-corrected chi connectivity index (χ0v) is 7.72. The van der Waals surface area contributed by atoms with Gasteiger partial charge in [-0.25, -0.2) is 4.98 Å². The highest BCUT2D eigenvalue weighted by Gasteiger charge is 2.27. The van der Waals surface area contributed by atoms with Crippen molar-refractivity contribution in [1.29, 1.82) is 0 Å². The van der Waals surface area contributed by atoms with Crippen LogP contribution in [-0.2, 0) is 4.57 Å². The molecule has 14 heavy (non-hydrogen) atoms. The molecule has 0 radical (unpaired) electrons. The molecule has 0 fully saturated rings. The Balaban J connectivity index is 2.56. The fourth-order valence-corrected chi connectivity index (χ4v) is 1.77. The molecule has 0 bridgehead atoms. The Labute approximate surface area is 78.3 Å². The maximum Gasteiger partial charge on any atom is 0.391 e. The SMILES string of the molecule is O=P(O)(O)c1occc1-c1cocn1. The molecule has 0 aliphatic heterocycles. The van der Waals surface area contributed by atoms with Gasteiger partial charge in [-0.15, -0.1) is 0 Å². The lowest BCUT2D eigenvalue weighted by molar-refractivity contribution is 0.377. The number of rotatable bonds is 2. The summed E-state index contributed by atoms with van der Waals surface area (Å²) in [7, 11) is -4.40. The van der Waals surface area contributed by atoms with E-state index in [1.807, 2.05) is 0 Å². The quantitative estimate of drug-likeness (QED) is 0.717. The van der Waals surface area contributed by atoms with E-state index in [1.54, 1.807) is 0 Å². The minimum absolute atomic E-state index is 0.243. The predicted octanol–water partition coefficient (Wildman–Crippen LogP) is 0.738. The molecule has 0 saturated heterocycles. The summed E-state index contributed by atoms with van der Waals surface area (Å²) in [4.78, 5) is 21.6. The van der Waals surface area contributed by atoms with E-state index in [0.29, 0.717) is 5.69 Å². The second-order valence-electron chi connectivity index (χ2n) is 2.56. The highest BCUT2D eigenvalue weighted by molar-refractivity contribution is 7.60. The summed E-state index contributed by atoms with van der Waals surface area (Å²) in [6, 6.07) is 1.42. The Kier molecular flexibility index (Phi) is 2.03. The van der Waals surface area contributed by atoms with Crippen LogP contribution in [0.5, 0.6) is 0 Å². The predicted molar refractivity (Wildman–Crippen MR) is 45.9 cm³/mol. The molecule has 2 rings (SSSR count). The first-order valence-electron chi connectivity index (χ1n) is 3.61. The van der Waals surface area contributed by atoms with E-state index in [9.17, 15) is 4.57 Å². The van der Waals surface area contributed by atoms with Crippen LogP contribution in [0.25, 0.3) is 11.3 Å². The molecule has 0 amide bonds. The fraction of sp³-hybridized carbons (Fsp3) is 0. The van der Waals surface area contributed by atoms with E-state index in [1.165, 1.54) is 25.0 Å². The molecular formula is C7H6NO5P. The fourth-order valence-electron chi connectivity index (χ4n) is 1.07. The molecule has 2 heterocycles. The van der Waals surface area contributed by atoms with Crippen LogP contribution in [0, 0.1) is 0 Å². The first kappa shape index (κ1) is 9.21. The normalized spacial score (nSPS) is 11.9. The largest absolute Gasteiger partial charge is 0.456 e. The summed E-state index contributed by atoms with van der Waals surface area (Å²) in [6.45, 7) is 0. The molecule has 0 atom stereocenters. The molecule has 74 valence electrons. The second-order valence-corrected chi connectivity index (χ2v) is 4.05. The van der Waals surface area contributed by atoms with E-state index in [-0.39, 0.29) is 5.56 Å². The first-order chi connectivity index (χ1) is 6.59. The van der Waals surface area contributed by atoms with Crippen LogP contribution >= 0.6 is 7.60 Å². The van der Waals surface area contributed by atoms with Gasteiger partial charge in [-0.3, -0.25) is 4.57 Å². The Morgan fingerprint density at radius 1 is 1.43 bits per heavy atom. The van der Waals surface area contributed by atoms with Gasteiger partial charge < -0.3 is 18.6 Å². The molecular weight excluding hydrogens is 209 g/mol. The molecule has 2 aromatic heterocycles. The zero-order valence-electron chi connectivity index (χ0n) is 6.82. The molecule has 6 nitrogen and oxygen atoms in total. The maximum atomic E-state index is 11.0. The number of hydrogen-bond acceptors (Lipinski definition) is 4. The molecule has 0 saturated carbocycles. The topological polar surface area (TPSA) is 96.7 Å². The van der Waals surface area contributed by atoms with Crippen molar-refractivity contribution in [2.45, 2.75) is 0 Å². The smallest absolute Gasteiger partial charge is 0.391 e.